The van der Waals surface area contributed by atoms with Gasteiger partial charge in [0.1, 0.15) is 12.4 Å². The summed E-state index contributed by atoms with van der Waals surface area (Å²) in [6.07, 6.45) is 3.48. The molecule has 20 heavy (non-hydrogen) atoms. The fourth-order valence-corrected chi connectivity index (χ4v) is 1.60. The number of rotatable bonds is 7. The van der Waals surface area contributed by atoms with Crippen molar-refractivity contribution in [1.29, 1.82) is 0 Å². The predicted molar refractivity (Wildman–Crippen MR) is 74.9 cm³/mol. The molecule has 0 unspecified atom stereocenters. The van der Waals surface area contributed by atoms with Gasteiger partial charge in [0, 0.05) is 26.3 Å². The second-order valence-electron chi connectivity index (χ2n) is 4.03. The summed E-state index contributed by atoms with van der Waals surface area (Å²) in [6.45, 7) is 5.72. The standard InChI is InChI=1S/C13H19N5O2/c1-4-18-8-10(7-15-18)20-13-6-11(14-3)16-12(17-13)9-19-5-2/h6-8H,4-5,9H2,1-3H3,(H,14,16,17). The van der Waals surface area contributed by atoms with E-state index < -0.39 is 0 Å². The third-order valence-corrected chi connectivity index (χ3v) is 2.60. The molecule has 2 aromatic rings. The highest BCUT2D eigenvalue weighted by atomic mass is 16.5. The number of nitrogens with zero attached hydrogens (tertiary/aromatic N) is 4. The van der Waals surface area contributed by atoms with Crippen LogP contribution in [0.25, 0.3) is 0 Å². The summed E-state index contributed by atoms with van der Waals surface area (Å²) in [4.78, 5) is 8.62. The molecule has 0 spiro atoms. The average Bonchev–Trinajstić information content (AvgIpc) is 2.92. The van der Waals surface area contributed by atoms with Gasteiger partial charge in [-0.05, 0) is 13.8 Å². The smallest absolute Gasteiger partial charge is 0.224 e. The van der Waals surface area contributed by atoms with Gasteiger partial charge in [-0.15, -0.1) is 0 Å². The summed E-state index contributed by atoms with van der Waals surface area (Å²) in [5, 5.41) is 7.13. The van der Waals surface area contributed by atoms with E-state index in [1.807, 2.05) is 20.0 Å². The Morgan fingerprint density at radius 1 is 1.30 bits per heavy atom. The van der Waals surface area contributed by atoms with Crippen molar-refractivity contribution >= 4 is 5.82 Å². The largest absolute Gasteiger partial charge is 0.436 e. The Labute approximate surface area is 118 Å². The maximum atomic E-state index is 5.69. The molecule has 0 aliphatic carbocycles. The summed E-state index contributed by atoms with van der Waals surface area (Å²) < 4.78 is 12.8. The zero-order valence-corrected chi connectivity index (χ0v) is 12.0. The number of hydrogen-bond acceptors (Lipinski definition) is 6. The van der Waals surface area contributed by atoms with Gasteiger partial charge in [0.2, 0.25) is 5.88 Å². The maximum Gasteiger partial charge on any atom is 0.224 e. The van der Waals surface area contributed by atoms with E-state index in [-0.39, 0.29) is 0 Å². The summed E-state index contributed by atoms with van der Waals surface area (Å²) in [5.74, 6) is 2.38. The zero-order valence-electron chi connectivity index (χ0n) is 12.0. The normalized spacial score (nSPS) is 10.6. The van der Waals surface area contributed by atoms with Crippen molar-refractivity contribution in [2.75, 3.05) is 19.0 Å². The highest BCUT2D eigenvalue weighted by Crippen LogP contribution is 2.21. The number of anilines is 1. The minimum Gasteiger partial charge on any atom is -0.436 e. The van der Waals surface area contributed by atoms with E-state index in [2.05, 4.69) is 20.4 Å². The first-order valence-electron chi connectivity index (χ1n) is 6.59. The van der Waals surface area contributed by atoms with E-state index in [0.29, 0.717) is 36.5 Å². The van der Waals surface area contributed by atoms with Gasteiger partial charge in [0.05, 0.1) is 12.4 Å². The minimum absolute atomic E-state index is 0.358. The Balaban J connectivity index is 2.16. The number of aryl methyl sites for hydroxylation is 1. The number of hydrogen-bond donors (Lipinski definition) is 1. The van der Waals surface area contributed by atoms with Crippen LogP contribution < -0.4 is 10.1 Å². The van der Waals surface area contributed by atoms with E-state index in [0.717, 1.165) is 6.54 Å². The van der Waals surface area contributed by atoms with Crippen LogP contribution in [0.4, 0.5) is 5.82 Å². The first kappa shape index (κ1) is 14.3. The molecular weight excluding hydrogens is 258 g/mol. The molecule has 108 valence electrons. The Hall–Kier alpha value is -2.15. The van der Waals surface area contributed by atoms with Crippen LogP contribution in [0, 0.1) is 0 Å². The SMILES string of the molecule is CCOCc1nc(NC)cc(Oc2cnn(CC)c2)n1. The molecular formula is C13H19N5O2. The van der Waals surface area contributed by atoms with Gasteiger partial charge >= 0.3 is 0 Å². The molecule has 0 aliphatic heterocycles. The molecule has 0 bridgehead atoms. The average molecular weight is 277 g/mol. The van der Waals surface area contributed by atoms with Gasteiger partial charge in [-0.25, -0.2) is 4.98 Å². The molecule has 0 atom stereocenters. The lowest BCUT2D eigenvalue weighted by Crippen LogP contribution is -2.03. The van der Waals surface area contributed by atoms with Crippen LogP contribution in [-0.4, -0.2) is 33.4 Å². The van der Waals surface area contributed by atoms with Crippen molar-refractivity contribution < 1.29 is 9.47 Å². The molecule has 0 saturated carbocycles. The fourth-order valence-electron chi connectivity index (χ4n) is 1.60. The molecule has 0 radical (unpaired) electrons. The van der Waals surface area contributed by atoms with Crippen molar-refractivity contribution in [3.63, 3.8) is 0 Å². The highest BCUT2D eigenvalue weighted by molar-refractivity contribution is 5.38. The van der Waals surface area contributed by atoms with Crippen LogP contribution in [0.1, 0.15) is 19.7 Å². The third kappa shape index (κ3) is 3.67. The maximum absolute atomic E-state index is 5.69. The Morgan fingerprint density at radius 3 is 2.80 bits per heavy atom. The lowest BCUT2D eigenvalue weighted by molar-refractivity contribution is 0.128. The van der Waals surface area contributed by atoms with Crippen LogP contribution in [0.2, 0.25) is 0 Å². The van der Waals surface area contributed by atoms with Crippen molar-refractivity contribution in [2.24, 2.45) is 0 Å². The van der Waals surface area contributed by atoms with Gasteiger partial charge in [0.25, 0.3) is 0 Å². The van der Waals surface area contributed by atoms with Gasteiger partial charge < -0.3 is 14.8 Å². The zero-order chi connectivity index (χ0) is 14.4. The molecule has 0 aromatic carbocycles. The second-order valence-corrected chi connectivity index (χ2v) is 4.03. The predicted octanol–water partition coefficient (Wildman–Crippen LogP) is 2.06. The molecule has 0 saturated heterocycles. The molecule has 0 aliphatic rings. The molecule has 0 fully saturated rings. The second kappa shape index (κ2) is 6.85. The van der Waals surface area contributed by atoms with E-state index in [1.54, 1.807) is 24.0 Å². The lowest BCUT2D eigenvalue weighted by atomic mass is 10.5. The number of aromatic nitrogens is 4. The van der Waals surface area contributed by atoms with Gasteiger partial charge in [-0.2, -0.15) is 10.1 Å². The van der Waals surface area contributed by atoms with Crippen molar-refractivity contribution in [2.45, 2.75) is 27.0 Å². The Bertz CT molecular complexity index is 555. The first-order chi connectivity index (χ1) is 9.75. The van der Waals surface area contributed by atoms with E-state index >= 15 is 0 Å². The van der Waals surface area contributed by atoms with Gasteiger partial charge in [-0.1, -0.05) is 0 Å². The number of nitrogens with one attached hydrogen (secondary N) is 1. The monoisotopic (exact) mass is 277 g/mol. The fraction of sp³-hybridized carbons (Fsp3) is 0.462. The Kier molecular flexibility index (Phi) is 4.89. The molecule has 7 heteroatoms. The van der Waals surface area contributed by atoms with E-state index in [4.69, 9.17) is 9.47 Å². The third-order valence-electron chi connectivity index (χ3n) is 2.60. The van der Waals surface area contributed by atoms with Gasteiger partial charge in [0.15, 0.2) is 11.6 Å². The quantitative estimate of drug-likeness (QED) is 0.835. The summed E-state index contributed by atoms with van der Waals surface area (Å²) >= 11 is 0. The molecule has 1 N–H and O–H groups in total. The van der Waals surface area contributed by atoms with Gasteiger partial charge in [-0.3, -0.25) is 4.68 Å². The molecule has 2 heterocycles. The summed E-state index contributed by atoms with van der Waals surface area (Å²) in [6, 6.07) is 1.73. The van der Waals surface area contributed by atoms with Crippen LogP contribution in [0.5, 0.6) is 11.6 Å². The van der Waals surface area contributed by atoms with Crippen LogP contribution in [-0.2, 0) is 17.9 Å². The number of ether oxygens (including phenoxy) is 2. The van der Waals surface area contributed by atoms with Crippen LogP contribution in [0.15, 0.2) is 18.5 Å². The van der Waals surface area contributed by atoms with E-state index in [1.165, 1.54) is 0 Å². The minimum atomic E-state index is 0.358. The first-order valence-corrected chi connectivity index (χ1v) is 6.59. The van der Waals surface area contributed by atoms with Crippen LogP contribution in [0.3, 0.4) is 0 Å². The Morgan fingerprint density at radius 2 is 2.15 bits per heavy atom. The van der Waals surface area contributed by atoms with E-state index in [9.17, 15) is 0 Å². The molecule has 2 aromatic heterocycles. The highest BCUT2D eigenvalue weighted by Gasteiger charge is 2.07. The summed E-state index contributed by atoms with van der Waals surface area (Å²) in [5.41, 5.74) is 0. The van der Waals surface area contributed by atoms with Crippen LogP contribution >= 0.6 is 0 Å². The summed E-state index contributed by atoms with van der Waals surface area (Å²) in [7, 11) is 1.80. The molecule has 0 amide bonds. The van der Waals surface area contributed by atoms with Crippen molar-refractivity contribution in [1.82, 2.24) is 19.7 Å². The molecule has 2 rings (SSSR count). The lowest BCUT2D eigenvalue weighted by Gasteiger charge is -2.07. The van der Waals surface area contributed by atoms with Crippen molar-refractivity contribution in [3.05, 3.63) is 24.3 Å². The van der Waals surface area contributed by atoms with Crippen molar-refractivity contribution in [3.8, 4) is 11.6 Å². The molecule has 7 nitrogen and oxygen atoms in total. The topological polar surface area (TPSA) is 74.1 Å².